The van der Waals surface area contributed by atoms with Gasteiger partial charge in [-0.15, -0.1) is 0 Å². The van der Waals surface area contributed by atoms with E-state index in [1.54, 1.807) is 0 Å². The lowest BCUT2D eigenvalue weighted by atomic mass is 9.79. The second kappa shape index (κ2) is 12.7. The summed E-state index contributed by atoms with van der Waals surface area (Å²) in [5.41, 5.74) is 20.8. The second-order valence-electron chi connectivity index (χ2n) is 18.0. The zero-order chi connectivity index (χ0) is 40.3. The Morgan fingerprint density at radius 1 is 0.250 bits per heavy atom. The molecule has 284 valence electrons. The van der Waals surface area contributed by atoms with Crippen LogP contribution in [0, 0.1) is 0 Å². The van der Waals surface area contributed by atoms with Crippen molar-refractivity contribution in [3.8, 4) is 66.8 Å². The first-order chi connectivity index (χ1) is 29.3. The highest BCUT2D eigenvalue weighted by molar-refractivity contribution is 6.23. The van der Waals surface area contributed by atoms with Crippen molar-refractivity contribution >= 4 is 32.3 Å². The van der Waals surface area contributed by atoms with Crippen molar-refractivity contribution in [3.63, 3.8) is 0 Å². The molecule has 0 aliphatic heterocycles. The summed E-state index contributed by atoms with van der Waals surface area (Å²) in [6.07, 6.45) is 0. The van der Waals surface area contributed by atoms with E-state index in [0.717, 1.165) is 0 Å². The molecule has 0 amide bonds. The first kappa shape index (κ1) is 35.0. The summed E-state index contributed by atoms with van der Waals surface area (Å²) in [5.74, 6) is 0. The molecule has 0 heteroatoms. The van der Waals surface area contributed by atoms with E-state index < -0.39 is 0 Å². The summed E-state index contributed by atoms with van der Waals surface area (Å²) in [7, 11) is 0. The molecule has 60 heavy (non-hydrogen) atoms. The standard InChI is InChI=1S/C60H44/c1-59(2)53-26-13-11-20-44(53)46-31-28-39(35-55(46)59)43-19-7-8-22-48(43)58-50-24-10-9-23-49(50)57(40-30-32-47-45-21-12-14-27-54(45)60(3,4)56(47)36-40)52-34-38(29-33-51(52)58)42-25-15-17-37-16-5-6-18-41(37)42/h5-36H,1-4H3. The molecule has 0 saturated carbocycles. The van der Waals surface area contributed by atoms with Crippen molar-refractivity contribution < 1.29 is 0 Å². The lowest BCUT2D eigenvalue weighted by Gasteiger charge is -2.24. The molecule has 0 heterocycles. The van der Waals surface area contributed by atoms with E-state index in [0.29, 0.717) is 0 Å². The van der Waals surface area contributed by atoms with Crippen LogP contribution in [0.3, 0.4) is 0 Å². The highest BCUT2D eigenvalue weighted by atomic mass is 14.4. The molecule has 0 atom stereocenters. The zero-order valence-electron chi connectivity index (χ0n) is 34.5. The smallest absolute Gasteiger partial charge is 0.0159 e. The molecule has 0 saturated heterocycles. The van der Waals surface area contributed by atoms with Crippen LogP contribution in [-0.4, -0.2) is 0 Å². The lowest BCUT2D eigenvalue weighted by Crippen LogP contribution is -2.14. The normalized spacial score (nSPS) is 14.3. The van der Waals surface area contributed by atoms with Crippen LogP contribution in [0.4, 0.5) is 0 Å². The van der Waals surface area contributed by atoms with E-state index in [9.17, 15) is 0 Å². The molecule has 10 aromatic rings. The molecule has 0 nitrogen and oxygen atoms in total. The first-order valence-electron chi connectivity index (χ1n) is 21.3. The minimum absolute atomic E-state index is 0.0816. The van der Waals surface area contributed by atoms with Crippen molar-refractivity contribution in [3.05, 3.63) is 216 Å². The van der Waals surface area contributed by atoms with Crippen LogP contribution in [-0.2, 0) is 10.8 Å². The molecule has 0 aromatic heterocycles. The van der Waals surface area contributed by atoms with Crippen LogP contribution in [0.1, 0.15) is 49.9 Å². The molecule has 0 radical (unpaired) electrons. The summed E-state index contributed by atoms with van der Waals surface area (Å²) < 4.78 is 0. The van der Waals surface area contributed by atoms with Gasteiger partial charge in [0.05, 0.1) is 0 Å². The molecule has 2 aliphatic rings. The molecule has 10 aromatic carbocycles. The third-order valence-electron chi connectivity index (χ3n) is 14.1. The lowest BCUT2D eigenvalue weighted by molar-refractivity contribution is 0.660. The van der Waals surface area contributed by atoms with E-state index in [-0.39, 0.29) is 10.8 Å². The molecule has 0 N–H and O–H groups in total. The molecule has 0 bridgehead atoms. The third-order valence-corrected chi connectivity index (χ3v) is 14.1. The first-order valence-corrected chi connectivity index (χ1v) is 21.3. The third kappa shape index (κ3) is 4.91. The van der Waals surface area contributed by atoms with Crippen LogP contribution < -0.4 is 0 Å². The minimum atomic E-state index is -0.105. The van der Waals surface area contributed by atoms with Gasteiger partial charge in [0.15, 0.2) is 0 Å². The highest BCUT2D eigenvalue weighted by Gasteiger charge is 2.37. The largest absolute Gasteiger partial charge is 0.0619 e. The Morgan fingerprint density at radius 3 is 1.37 bits per heavy atom. The van der Waals surface area contributed by atoms with Gasteiger partial charge < -0.3 is 0 Å². The van der Waals surface area contributed by atoms with Crippen LogP contribution in [0.2, 0.25) is 0 Å². The maximum Gasteiger partial charge on any atom is 0.0159 e. The SMILES string of the molecule is CC1(C)c2ccccc2-c2ccc(-c3ccccc3-c3c4ccccc4c(-c4ccc5c(c4)C(C)(C)c4ccccc4-5)c4cc(-c5cccc6ccccc56)ccc34)cc21. The summed E-state index contributed by atoms with van der Waals surface area (Å²) in [6, 6.07) is 73.2. The average Bonchev–Trinajstić information content (AvgIpc) is 3.66. The van der Waals surface area contributed by atoms with Gasteiger partial charge in [-0.1, -0.05) is 204 Å². The average molecular weight is 765 g/mol. The molecule has 2 aliphatic carbocycles. The van der Waals surface area contributed by atoms with Gasteiger partial charge in [-0.3, -0.25) is 0 Å². The summed E-state index contributed by atoms with van der Waals surface area (Å²) in [4.78, 5) is 0. The number of rotatable bonds is 4. The fourth-order valence-corrected chi connectivity index (χ4v) is 11.1. The van der Waals surface area contributed by atoms with E-state index >= 15 is 0 Å². The molecular formula is C60H44. The van der Waals surface area contributed by atoms with Gasteiger partial charge in [-0.25, -0.2) is 0 Å². The van der Waals surface area contributed by atoms with Gasteiger partial charge in [0, 0.05) is 10.8 Å². The number of benzene rings is 10. The molecule has 0 spiro atoms. The van der Waals surface area contributed by atoms with Gasteiger partial charge in [0.2, 0.25) is 0 Å². The van der Waals surface area contributed by atoms with Gasteiger partial charge in [-0.05, 0) is 140 Å². The fraction of sp³-hybridized carbons (Fsp3) is 0.100. The second-order valence-corrected chi connectivity index (χ2v) is 18.0. The van der Waals surface area contributed by atoms with E-state index in [1.165, 1.54) is 121 Å². The summed E-state index contributed by atoms with van der Waals surface area (Å²) in [6.45, 7) is 9.52. The monoisotopic (exact) mass is 764 g/mol. The molecule has 0 fully saturated rings. The maximum absolute atomic E-state index is 2.50. The Kier molecular flexibility index (Phi) is 7.42. The summed E-state index contributed by atoms with van der Waals surface area (Å²) in [5, 5.41) is 7.58. The van der Waals surface area contributed by atoms with Crippen LogP contribution in [0.5, 0.6) is 0 Å². The zero-order valence-corrected chi connectivity index (χ0v) is 34.5. The van der Waals surface area contributed by atoms with E-state index in [2.05, 4.69) is 222 Å². The Bertz CT molecular complexity index is 3420. The van der Waals surface area contributed by atoms with E-state index in [4.69, 9.17) is 0 Å². The molecule has 0 unspecified atom stereocenters. The van der Waals surface area contributed by atoms with Crippen molar-refractivity contribution in [2.24, 2.45) is 0 Å². The van der Waals surface area contributed by atoms with Crippen LogP contribution in [0.15, 0.2) is 194 Å². The topological polar surface area (TPSA) is 0 Å². The summed E-state index contributed by atoms with van der Waals surface area (Å²) >= 11 is 0. The Hall–Kier alpha value is -7.02. The molecule has 12 rings (SSSR count). The predicted octanol–water partition coefficient (Wildman–Crippen LogP) is 16.4. The highest BCUT2D eigenvalue weighted by Crippen LogP contribution is 2.54. The quantitative estimate of drug-likeness (QED) is 0.157. The van der Waals surface area contributed by atoms with Gasteiger partial charge in [0.1, 0.15) is 0 Å². The van der Waals surface area contributed by atoms with Crippen molar-refractivity contribution in [2.75, 3.05) is 0 Å². The Morgan fingerprint density at radius 2 is 0.683 bits per heavy atom. The van der Waals surface area contributed by atoms with Crippen LogP contribution in [0.25, 0.3) is 99.1 Å². The Balaban J connectivity index is 1.14. The Labute approximate surface area is 352 Å². The van der Waals surface area contributed by atoms with Crippen molar-refractivity contribution in [1.82, 2.24) is 0 Å². The van der Waals surface area contributed by atoms with Crippen molar-refractivity contribution in [2.45, 2.75) is 38.5 Å². The molecular weight excluding hydrogens is 721 g/mol. The van der Waals surface area contributed by atoms with Crippen LogP contribution >= 0.6 is 0 Å². The number of fused-ring (bicyclic) bond motifs is 9. The minimum Gasteiger partial charge on any atom is -0.0619 e. The maximum atomic E-state index is 2.50. The fourth-order valence-electron chi connectivity index (χ4n) is 11.1. The van der Waals surface area contributed by atoms with Crippen molar-refractivity contribution in [1.29, 1.82) is 0 Å². The van der Waals surface area contributed by atoms with Gasteiger partial charge >= 0.3 is 0 Å². The van der Waals surface area contributed by atoms with Gasteiger partial charge in [0.25, 0.3) is 0 Å². The number of hydrogen-bond donors (Lipinski definition) is 0. The van der Waals surface area contributed by atoms with E-state index in [1.807, 2.05) is 0 Å². The predicted molar refractivity (Wildman–Crippen MR) is 256 cm³/mol. The number of hydrogen-bond acceptors (Lipinski definition) is 0. The van der Waals surface area contributed by atoms with Gasteiger partial charge in [-0.2, -0.15) is 0 Å².